The molecule has 1 aromatic carbocycles. The van der Waals surface area contributed by atoms with Crippen molar-refractivity contribution in [1.29, 1.82) is 5.26 Å². The molecule has 0 saturated heterocycles. The molecule has 0 fully saturated rings. The number of nitriles is 1. The van der Waals surface area contributed by atoms with Gasteiger partial charge in [-0.3, -0.25) is 14.5 Å². The summed E-state index contributed by atoms with van der Waals surface area (Å²) in [5.74, 6) is -0.385. The van der Waals surface area contributed by atoms with Crippen molar-refractivity contribution in [3.05, 3.63) is 29.8 Å². The maximum absolute atomic E-state index is 13.4. The lowest BCUT2D eigenvalue weighted by Gasteiger charge is -2.35. The summed E-state index contributed by atoms with van der Waals surface area (Å²) in [5, 5.41) is 8.95. The number of carbonyl (C=O) groups excluding carboxylic acids is 2. The van der Waals surface area contributed by atoms with Gasteiger partial charge in [-0.05, 0) is 43.5 Å². The molecule has 0 radical (unpaired) electrons. The molecule has 0 aliphatic rings. The molecule has 0 heterocycles. The van der Waals surface area contributed by atoms with Crippen molar-refractivity contribution in [3.8, 4) is 6.07 Å². The Hall–Kier alpha value is -2.15. The summed E-state index contributed by atoms with van der Waals surface area (Å²) in [6.45, 7) is 7.69. The third kappa shape index (κ3) is 5.16. The molecule has 0 N–H and O–H groups in total. The molecule has 0 spiro atoms. The maximum atomic E-state index is 13.4. The van der Waals surface area contributed by atoms with E-state index in [4.69, 9.17) is 5.26 Å². The van der Waals surface area contributed by atoms with Gasteiger partial charge in [0.1, 0.15) is 0 Å². The Kier molecular flexibility index (Phi) is 8.34. The zero-order chi connectivity index (χ0) is 18.9. The molecule has 0 saturated carbocycles. The predicted octanol–water partition coefficient (Wildman–Crippen LogP) is 5.21. The molecular weight excluding hydrogens is 312 g/mol. The summed E-state index contributed by atoms with van der Waals surface area (Å²) >= 11 is 0. The molecular formula is C21H30N2O2. The van der Waals surface area contributed by atoms with Crippen LogP contribution >= 0.6 is 0 Å². The second kappa shape index (κ2) is 9.98. The highest BCUT2D eigenvalue weighted by Gasteiger charge is 2.40. The molecule has 2 amide bonds. The molecule has 0 aliphatic heterocycles. The number of unbranched alkanes of at least 4 members (excludes halogenated alkanes) is 2. The van der Waals surface area contributed by atoms with Gasteiger partial charge < -0.3 is 0 Å². The van der Waals surface area contributed by atoms with Crippen LogP contribution in [0, 0.1) is 16.7 Å². The highest BCUT2D eigenvalue weighted by molar-refractivity contribution is 6.15. The van der Waals surface area contributed by atoms with E-state index in [1.807, 2.05) is 6.92 Å². The third-order valence-electron chi connectivity index (χ3n) is 4.89. The third-order valence-corrected chi connectivity index (χ3v) is 4.89. The lowest BCUT2D eigenvalue weighted by Crippen LogP contribution is -2.46. The second-order valence-corrected chi connectivity index (χ2v) is 6.66. The summed E-state index contributed by atoms with van der Waals surface area (Å²) in [6.07, 6.45) is 6.42. The Bertz CT molecular complexity index is 616. The first-order valence-corrected chi connectivity index (χ1v) is 9.31. The molecule has 1 atom stereocenters. The van der Waals surface area contributed by atoms with Crippen LogP contribution in [0.3, 0.4) is 0 Å². The van der Waals surface area contributed by atoms with Crippen LogP contribution in [0.4, 0.5) is 5.69 Å². The molecule has 1 unspecified atom stereocenters. The van der Waals surface area contributed by atoms with E-state index in [1.54, 1.807) is 24.3 Å². The van der Waals surface area contributed by atoms with Gasteiger partial charge in [0.15, 0.2) is 0 Å². The zero-order valence-corrected chi connectivity index (χ0v) is 16.0. The van der Waals surface area contributed by atoms with Crippen molar-refractivity contribution in [2.24, 2.45) is 5.41 Å². The van der Waals surface area contributed by atoms with Crippen molar-refractivity contribution >= 4 is 17.5 Å². The van der Waals surface area contributed by atoms with Crippen LogP contribution < -0.4 is 4.90 Å². The van der Waals surface area contributed by atoms with Gasteiger partial charge in [-0.25, -0.2) is 0 Å². The van der Waals surface area contributed by atoms with Crippen LogP contribution in [-0.4, -0.2) is 11.8 Å². The number of hydrogen-bond acceptors (Lipinski definition) is 3. The highest BCUT2D eigenvalue weighted by Crippen LogP contribution is 2.38. The average molecular weight is 342 g/mol. The number of rotatable bonds is 9. The minimum absolute atomic E-state index is 0.106. The van der Waals surface area contributed by atoms with Gasteiger partial charge in [-0.1, -0.05) is 46.5 Å². The first kappa shape index (κ1) is 20.9. The standard InChI is InChI=1S/C21H30N2O2/c1-5-8-9-15-21(7-3,14-6-2)20(25)23(17(4)24)19-12-10-18(16-22)11-13-19/h10-13H,5-9,14-15H2,1-4H3. The van der Waals surface area contributed by atoms with E-state index >= 15 is 0 Å². The lowest BCUT2D eigenvalue weighted by atomic mass is 9.75. The first-order valence-electron chi connectivity index (χ1n) is 9.31. The predicted molar refractivity (Wildman–Crippen MR) is 101 cm³/mol. The summed E-state index contributed by atoms with van der Waals surface area (Å²) in [7, 11) is 0. The number of amides is 2. The molecule has 0 aromatic heterocycles. The van der Waals surface area contributed by atoms with Crippen LogP contribution in [0.15, 0.2) is 24.3 Å². The van der Waals surface area contributed by atoms with Crippen molar-refractivity contribution in [2.75, 3.05) is 4.90 Å². The first-order chi connectivity index (χ1) is 12.0. The van der Waals surface area contributed by atoms with E-state index in [2.05, 4.69) is 19.9 Å². The molecule has 4 heteroatoms. The molecule has 25 heavy (non-hydrogen) atoms. The quantitative estimate of drug-likeness (QED) is 0.578. The van der Waals surface area contributed by atoms with Crippen molar-refractivity contribution in [2.45, 2.75) is 72.6 Å². The van der Waals surface area contributed by atoms with Crippen LogP contribution in [0.5, 0.6) is 0 Å². The van der Waals surface area contributed by atoms with Crippen molar-refractivity contribution in [3.63, 3.8) is 0 Å². The van der Waals surface area contributed by atoms with Gasteiger partial charge in [0.25, 0.3) is 0 Å². The van der Waals surface area contributed by atoms with E-state index in [0.29, 0.717) is 11.3 Å². The summed E-state index contributed by atoms with van der Waals surface area (Å²) in [4.78, 5) is 27.0. The number of imide groups is 1. The Morgan fingerprint density at radius 1 is 1.04 bits per heavy atom. The molecule has 1 aromatic rings. The Morgan fingerprint density at radius 3 is 2.12 bits per heavy atom. The van der Waals surface area contributed by atoms with E-state index in [9.17, 15) is 9.59 Å². The Labute approximate surface area is 151 Å². The fourth-order valence-electron chi connectivity index (χ4n) is 3.40. The Morgan fingerprint density at radius 2 is 1.68 bits per heavy atom. The molecule has 0 bridgehead atoms. The van der Waals surface area contributed by atoms with Crippen molar-refractivity contribution in [1.82, 2.24) is 0 Å². The van der Waals surface area contributed by atoms with Gasteiger partial charge in [0, 0.05) is 12.3 Å². The number of benzene rings is 1. The van der Waals surface area contributed by atoms with Gasteiger partial charge in [-0.15, -0.1) is 0 Å². The van der Waals surface area contributed by atoms with Gasteiger partial charge >= 0.3 is 0 Å². The Balaban J connectivity index is 3.22. The van der Waals surface area contributed by atoms with Crippen LogP contribution in [0.1, 0.15) is 78.2 Å². The minimum Gasteiger partial charge on any atom is -0.274 e. The van der Waals surface area contributed by atoms with E-state index in [-0.39, 0.29) is 11.8 Å². The molecule has 0 aliphatic carbocycles. The largest absolute Gasteiger partial charge is 0.274 e. The minimum atomic E-state index is -0.497. The molecule has 1 rings (SSSR count). The van der Waals surface area contributed by atoms with Gasteiger partial charge in [0.2, 0.25) is 11.8 Å². The summed E-state index contributed by atoms with van der Waals surface area (Å²) < 4.78 is 0. The maximum Gasteiger partial charge on any atom is 0.239 e. The second-order valence-electron chi connectivity index (χ2n) is 6.66. The monoisotopic (exact) mass is 342 g/mol. The van der Waals surface area contributed by atoms with Gasteiger partial charge in [-0.2, -0.15) is 5.26 Å². The normalized spacial score (nSPS) is 12.9. The van der Waals surface area contributed by atoms with E-state index in [1.165, 1.54) is 11.8 Å². The summed E-state index contributed by atoms with van der Waals surface area (Å²) in [5.41, 5.74) is 0.558. The van der Waals surface area contributed by atoms with E-state index in [0.717, 1.165) is 44.9 Å². The lowest BCUT2D eigenvalue weighted by molar-refractivity contribution is -0.133. The summed E-state index contributed by atoms with van der Waals surface area (Å²) in [6, 6.07) is 8.70. The molecule has 136 valence electrons. The number of nitrogens with zero attached hydrogens (tertiary/aromatic N) is 2. The number of carbonyl (C=O) groups is 2. The van der Waals surface area contributed by atoms with Crippen LogP contribution in [0.25, 0.3) is 0 Å². The van der Waals surface area contributed by atoms with Gasteiger partial charge in [0.05, 0.1) is 17.3 Å². The van der Waals surface area contributed by atoms with E-state index < -0.39 is 5.41 Å². The van der Waals surface area contributed by atoms with Crippen LogP contribution in [-0.2, 0) is 9.59 Å². The van der Waals surface area contributed by atoms with Crippen molar-refractivity contribution < 1.29 is 9.59 Å². The smallest absolute Gasteiger partial charge is 0.239 e. The number of anilines is 1. The topological polar surface area (TPSA) is 61.2 Å². The fraction of sp³-hybridized carbons (Fsp3) is 0.571. The zero-order valence-electron chi connectivity index (χ0n) is 16.0. The molecule has 4 nitrogen and oxygen atoms in total. The van der Waals surface area contributed by atoms with Crippen LogP contribution in [0.2, 0.25) is 0 Å². The SMILES string of the molecule is CCCCCC(CC)(CCC)C(=O)N(C(C)=O)c1ccc(C#N)cc1. The number of hydrogen-bond donors (Lipinski definition) is 0. The highest BCUT2D eigenvalue weighted by atomic mass is 16.2. The fourth-order valence-corrected chi connectivity index (χ4v) is 3.40. The average Bonchev–Trinajstić information content (AvgIpc) is 2.61.